The Morgan fingerprint density at radius 3 is 2.44 bits per heavy atom. The standard InChI is InChI=1S/C16H21N3O4S2/c1-12-3-5-14(6-4-12)25(22,23)18-9-8-17-15(20)7-10-19-13(2)11-24-16(19)21/h3-6,11,18H,7-10H2,1-2H3,(H,17,20). The van der Waals surface area contributed by atoms with E-state index >= 15 is 0 Å². The van der Waals surface area contributed by atoms with Crippen LogP contribution in [-0.2, 0) is 21.4 Å². The van der Waals surface area contributed by atoms with Crippen LogP contribution in [-0.4, -0.2) is 32.0 Å². The maximum absolute atomic E-state index is 12.1. The molecule has 2 N–H and O–H groups in total. The van der Waals surface area contributed by atoms with E-state index in [1.54, 1.807) is 22.1 Å². The Hall–Kier alpha value is -1.97. The highest BCUT2D eigenvalue weighted by atomic mass is 32.2. The lowest BCUT2D eigenvalue weighted by Gasteiger charge is -2.09. The van der Waals surface area contributed by atoms with Gasteiger partial charge in [0.05, 0.1) is 4.90 Å². The van der Waals surface area contributed by atoms with Crippen LogP contribution in [0.15, 0.2) is 39.3 Å². The van der Waals surface area contributed by atoms with Crippen molar-refractivity contribution >= 4 is 27.3 Å². The first-order valence-corrected chi connectivity index (χ1v) is 10.1. The van der Waals surface area contributed by atoms with E-state index in [2.05, 4.69) is 10.0 Å². The van der Waals surface area contributed by atoms with Crippen LogP contribution in [0.3, 0.4) is 0 Å². The number of hydrogen-bond donors (Lipinski definition) is 2. The highest BCUT2D eigenvalue weighted by Gasteiger charge is 2.13. The molecule has 0 aliphatic heterocycles. The molecule has 1 aromatic carbocycles. The van der Waals surface area contributed by atoms with Crippen molar-refractivity contribution in [1.29, 1.82) is 0 Å². The molecular formula is C16H21N3O4S2. The zero-order valence-electron chi connectivity index (χ0n) is 14.1. The molecule has 25 heavy (non-hydrogen) atoms. The number of sulfonamides is 1. The lowest BCUT2D eigenvalue weighted by molar-refractivity contribution is -0.121. The fraction of sp³-hybridized carbons (Fsp3) is 0.375. The van der Waals surface area contributed by atoms with Crippen LogP contribution in [0.5, 0.6) is 0 Å². The molecule has 0 atom stereocenters. The third kappa shape index (κ3) is 5.52. The summed E-state index contributed by atoms with van der Waals surface area (Å²) in [4.78, 5) is 23.4. The number of carbonyl (C=O) groups excluding carboxylic acids is 1. The zero-order chi connectivity index (χ0) is 18.4. The topological polar surface area (TPSA) is 97.3 Å². The van der Waals surface area contributed by atoms with Gasteiger partial charge in [-0.1, -0.05) is 29.0 Å². The fourth-order valence-corrected chi connectivity index (χ4v) is 3.96. The van der Waals surface area contributed by atoms with Crippen LogP contribution in [0.1, 0.15) is 17.7 Å². The summed E-state index contributed by atoms with van der Waals surface area (Å²) in [5, 5.41) is 4.39. The second kappa shape index (κ2) is 8.41. The molecule has 1 aromatic heterocycles. The number of thiazole rings is 1. The van der Waals surface area contributed by atoms with Crippen molar-refractivity contribution in [3.63, 3.8) is 0 Å². The highest BCUT2D eigenvalue weighted by Crippen LogP contribution is 2.09. The number of nitrogens with zero attached hydrogens (tertiary/aromatic N) is 1. The molecule has 0 unspecified atom stereocenters. The van der Waals surface area contributed by atoms with Gasteiger partial charge in [0.2, 0.25) is 15.9 Å². The molecule has 0 aliphatic rings. The lowest BCUT2D eigenvalue weighted by atomic mass is 10.2. The largest absolute Gasteiger partial charge is 0.355 e. The number of hydrogen-bond acceptors (Lipinski definition) is 5. The van der Waals surface area contributed by atoms with Gasteiger partial charge >= 0.3 is 4.87 Å². The highest BCUT2D eigenvalue weighted by molar-refractivity contribution is 7.89. The van der Waals surface area contributed by atoms with Gasteiger partial charge in [0.1, 0.15) is 0 Å². The van der Waals surface area contributed by atoms with Crippen molar-refractivity contribution < 1.29 is 13.2 Å². The molecule has 1 heterocycles. The molecule has 1 amide bonds. The third-order valence-electron chi connectivity index (χ3n) is 3.61. The van der Waals surface area contributed by atoms with Gasteiger partial charge < -0.3 is 9.88 Å². The van der Waals surface area contributed by atoms with Crippen molar-refractivity contribution in [2.24, 2.45) is 0 Å². The van der Waals surface area contributed by atoms with Gasteiger partial charge in [0.15, 0.2) is 0 Å². The number of amides is 1. The molecule has 0 fully saturated rings. The summed E-state index contributed by atoms with van der Waals surface area (Å²) < 4.78 is 28.2. The quantitative estimate of drug-likeness (QED) is 0.665. The van der Waals surface area contributed by atoms with Crippen molar-refractivity contribution in [2.75, 3.05) is 13.1 Å². The molecule has 0 saturated carbocycles. The van der Waals surface area contributed by atoms with Gasteiger partial charge in [-0.15, -0.1) is 0 Å². The van der Waals surface area contributed by atoms with E-state index < -0.39 is 10.0 Å². The second-order valence-electron chi connectivity index (χ2n) is 5.61. The summed E-state index contributed by atoms with van der Waals surface area (Å²) in [5.41, 5.74) is 1.81. The summed E-state index contributed by atoms with van der Waals surface area (Å²) >= 11 is 1.10. The number of rotatable bonds is 8. The van der Waals surface area contributed by atoms with E-state index in [1.807, 2.05) is 13.8 Å². The predicted molar refractivity (Wildman–Crippen MR) is 97.3 cm³/mol. The number of carbonyl (C=O) groups is 1. The maximum atomic E-state index is 12.1. The monoisotopic (exact) mass is 383 g/mol. The van der Waals surface area contributed by atoms with Gasteiger partial charge in [-0.25, -0.2) is 13.1 Å². The third-order valence-corrected chi connectivity index (χ3v) is 5.97. The van der Waals surface area contributed by atoms with Crippen molar-refractivity contribution in [3.05, 3.63) is 50.6 Å². The number of aryl methyl sites for hydroxylation is 2. The average Bonchev–Trinajstić information content (AvgIpc) is 2.88. The average molecular weight is 383 g/mol. The molecule has 0 spiro atoms. The minimum absolute atomic E-state index is 0.0869. The van der Waals surface area contributed by atoms with E-state index in [0.29, 0.717) is 6.54 Å². The second-order valence-corrected chi connectivity index (χ2v) is 8.19. The van der Waals surface area contributed by atoms with Crippen molar-refractivity contribution in [2.45, 2.75) is 31.7 Å². The Labute approximate surface area is 150 Å². The number of aromatic nitrogens is 1. The van der Waals surface area contributed by atoms with Crippen molar-refractivity contribution in [3.8, 4) is 0 Å². The van der Waals surface area contributed by atoms with Crippen LogP contribution in [0.2, 0.25) is 0 Å². The first-order chi connectivity index (χ1) is 11.8. The van der Waals surface area contributed by atoms with Crippen molar-refractivity contribution in [1.82, 2.24) is 14.6 Å². The fourth-order valence-electron chi connectivity index (χ4n) is 2.16. The Bertz CT molecular complexity index is 883. The van der Waals surface area contributed by atoms with E-state index in [4.69, 9.17) is 0 Å². The number of benzene rings is 1. The van der Waals surface area contributed by atoms with Gasteiger partial charge in [0, 0.05) is 37.1 Å². The van der Waals surface area contributed by atoms with Gasteiger partial charge in [-0.2, -0.15) is 0 Å². The maximum Gasteiger partial charge on any atom is 0.307 e. The van der Waals surface area contributed by atoms with Crippen LogP contribution < -0.4 is 14.9 Å². The van der Waals surface area contributed by atoms with Gasteiger partial charge in [-0.05, 0) is 26.0 Å². The molecule has 0 saturated heterocycles. The van der Waals surface area contributed by atoms with Crippen LogP contribution in [0.4, 0.5) is 0 Å². The first-order valence-electron chi connectivity index (χ1n) is 7.77. The molecule has 136 valence electrons. The molecule has 0 radical (unpaired) electrons. The number of nitrogens with one attached hydrogen (secondary N) is 2. The normalized spacial score (nSPS) is 11.4. The summed E-state index contributed by atoms with van der Waals surface area (Å²) in [7, 11) is -3.58. The molecule has 7 nitrogen and oxygen atoms in total. The predicted octanol–water partition coefficient (Wildman–Crippen LogP) is 1.01. The SMILES string of the molecule is Cc1ccc(S(=O)(=O)NCCNC(=O)CCn2c(C)csc2=O)cc1. The van der Waals surface area contributed by atoms with E-state index in [0.717, 1.165) is 22.6 Å². The summed E-state index contributed by atoms with van der Waals surface area (Å²) in [5.74, 6) is -0.230. The Morgan fingerprint density at radius 2 is 1.84 bits per heavy atom. The minimum Gasteiger partial charge on any atom is -0.355 e. The molecule has 0 aliphatic carbocycles. The van der Waals surface area contributed by atoms with Gasteiger partial charge in [0.25, 0.3) is 0 Å². The molecule has 9 heteroatoms. The van der Waals surface area contributed by atoms with Crippen LogP contribution in [0, 0.1) is 13.8 Å². The molecule has 0 bridgehead atoms. The Kier molecular flexibility index (Phi) is 6.51. The zero-order valence-corrected chi connectivity index (χ0v) is 15.7. The Morgan fingerprint density at radius 1 is 1.16 bits per heavy atom. The summed E-state index contributed by atoms with van der Waals surface area (Å²) in [6, 6.07) is 6.53. The van der Waals surface area contributed by atoms with Crippen LogP contribution >= 0.6 is 11.3 Å². The Balaban J connectivity index is 1.74. The smallest absolute Gasteiger partial charge is 0.307 e. The molecule has 2 rings (SSSR count). The van der Waals surface area contributed by atoms with Crippen LogP contribution in [0.25, 0.3) is 0 Å². The summed E-state index contributed by atoms with van der Waals surface area (Å²) in [6.45, 7) is 4.29. The molecular weight excluding hydrogens is 362 g/mol. The summed E-state index contributed by atoms with van der Waals surface area (Å²) in [6.07, 6.45) is 0.169. The minimum atomic E-state index is -3.58. The molecule has 2 aromatic rings. The van der Waals surface area contributed by atoms with E-state index in [1.165, 1.54) is 12.1 Å². The lowest BCUT2D eigenvalue weighted by Crippen LogP contribution is -2.35. The first kappa shape index (κ1) is 19.4. The van der Waals surface area contributed by atoms with E-state index in [-0.39, 0.29) is 35.2 Å². The van der Waals surface area contributed by atoms with Gasteiger partial charge in [-0.3, -0.25) is 9.59 Å². The van der Waals surface area contributed by atoms with E-state index in [9.17, 15) is 18.0 Å².